The predicted molar refractivity (Wildman–Crippen MR) is 87.8 cm³/mol. The maximum absolute atomic E-state index is 6.00. The fourth-order valence-electron chi connectivity index (χ4n) is 2.32. The van der Waals surface area contributed by atoms with Gasteiger partial charge in [0.1, 0.15) is 11.5 Å². The summed E-state index contributed by atoms with van der Waals surface area (Å²) in [6.45, 7) is 1.49. The van der Waals surface area contributed by atoms with E-state index in [1.165, 1.54) is 12.8 Å². The fraction of sp³-hybridized carbons (Fsp3) is 0.562. The molecule has 1 aliphatic carbocycles. The summed E-state index contributed by atoms with van der Waals surface area (Å²) in [6, 6.07) is 5.50. The van der Waals surface area contributed by atoms with Crippen molar-refractivity contribution in [1.82, 2.24) is 0 Å². The zero-order chi connectivity index (χ0) is 16.0. The van der Waals surface area contributed by atoms with Gasteiger partial charge in [-0.15, -0.1) is 0 Å². The van der Waals surface area contributed by atoms with Crippen molar-refractivity contribution in [2.45, 2.75) is 19.3 Å². The molecule has 0 heterocycles. The molecular formula is C16H25N3O3. The minimum atomic E-state index is 0.279. The summed E-state index contributed by atoms with van der Waals surface area (Å²) in [5.41, 5.74) is 7.01. The van der Waals surface area contributed by atoms with Crippen LogP contribution in [0.15, 0.2) is 23.2 Å². The third-order valence-electron chi connectivity index (χ3n) is 4.05. The molecule has 1 aliphatic rings. The van der Waals surface area contributed by atoms with E-state index in [1.54, 1.807) is 21.3 Å². The van der Waals surface area contributed by atoms with E-state index in [0.29, 0.717) is 11.7 Å². The predicted octanol–water partition coefficient (Wildman–Crippen LogP) is 2.25. The lowest BCUT2D eigenvalue weighted by atomic mass is 10.0. The molecule has 22 heavy (non-hydrogen) atoms. The monoisotopic (exact) mass is 307 g/mol. The van der Waals surface area contributed by atoms with Crippen LogP contribution in [0.25, 0.3) is 0 Å². The third-order valence-corrected chi connectivity index (χ3v) is 4.05. The Morgan fingerprint density at radius 2 is 2.05 bits per heavy atom. The molecule has 0 amide bonds. The molecule has 122 valence electrons. The maximum atomic E-state index is 6.00. The highest BCUT2D eigenvalue weighted by Gasteiger charge is 2.41. The van der Waals surface area contributed by atoms with Crippen LogP contribution in [-0.2, 0) is 4.74 Å². The number of anilines is 1. The van der Waals surface area contributed by atoms with Crippen molar-refractivity contribution in [3.63, 3.8) is 0 Å². The van der Waals surface area contributed by atoms with E-state index in [9.17, 15) is 0 Å². The van der Waals surface area contributed by atoms with Crippen LogP contribution in [0.1, 0.15) is 19.3 Å². The van der Waals surface area contributed by atoms with Crippen LogP contribution in [0.4, 0.5) is 5.69 Å². The Hall–Kier alpha value is -1.95. The van der Waals surface area contributed by atoms with E-state index < -0.39 is 0 Å². The Morgan fingerprint density at radius 1 is 1.27 bits per heavy atom. The molecular weight excluding hydrogens is 282 g/mol. The number of benzene rings is 1. The Bertz CT molecular complexity index is 527. The second kappa shape index (κ2) is 7.35. The molecule has 1 saturated carbocycles. The van der Waals surface area contributed by atoms with Crippen molar-refractivity contribution in [2.24, 2.45) is 16.1 Å². The molecule has 1 aromatic carbocycles. The van der Waals surface area contributed by atoms with E-state index in [0.717, 1.165) is 31.0 Å². The van der Waals surface area contributed by atoms with Crippen molar-refractivity contribution in [3.05, 3.63) is 18.2 Å². The van der Waals surface area contributed by atoms with Crippen LogP contribution in [0.5, 0.6) is 11.5 Å². The summed E-state index contributed by atoms with van der Waals surface area (Å²) in [6.07, 6.45) is 3.41. The van der Waals surface area contributed by atoms with Crippen molar-refractivity contribution in [3.8, 4) is 11.5 Å². The molecule has 0 radical (unpaired) electrons. The van der Waals surface area contributed by atoms with Crippen LogP contribution in [0.2, 0.25) is 0 Å². The number of methoxy groups -OCH3 is 3. The number of ether oxygens (including phenoxy) is 3. The van der Waals surface area contributed by atoms with Gasteiger partial charge in [0.15, 0.2) is 5.96 Å². The number of hydrogen-bond donors (Lipinski definition) is 2. The highest BCUT2D eigenvalue weighted by Crippen LogP contribution is 2.48. The van der Waals surface area contributed by atoms with Gasteiger partial charge in [-0.2, -0.15) is 0 Å². The molecule has 0 unspecified atom stereocenters. The number of nitrogens with two attached hydrogens (primary N) is 1. The van der Waals surface area contributed by atoms with Crippen LogP contribution < -0.4 is 20.5 Å². The summed E-state index contributed by atoms with van der Waals surface area (Å²) in [5.74, 6) is 1.81. The van der Waals surface area contributed by atoms with Crippen LogP contribution >= 0.6 is 0 Å². The molecule has 1 fully saturated rings. The van der Waals surface area contributed by atoms with Crippen molar-refractivity contribution in [2.75, 3.05) is 39.8 Å². The standard InChI is InChI=1S/C16H25N3O3/c1-20-9-8-16(6-7-16)11-18-15(17)19-13-10-12(21-2)4-5-14(13)22-3/h4-5,10H,6-9,11H2,1-3H3,(H3,17,18,19). The first-order chi connectivity index (χ1) is 10.6. The Kier molecular flexibility index (Phi) is 5.49. The molecule has 3 N–H and O–H groups in total. The molecule has 0 aromatic heterocycles. The van der Waals surface area contributed by atoms with Crippen LogP contribution in [0, 0.1) is 5.41 Å². The lowest BCUT2D eigenvalue weighted by Gasteiger charge is -2.14. The summed E-state index contributed by atoms with van der Waals surface area (Å²) >= 11 is 0. The average Bonchev–Trinajstić information content (AvgIpc) is 3.31. The second-order valence-corrected chi connectivity index (χ2v) is 5.64. The number of rotatable bonds is 8. The molecule has 1 aromatic rings. The van der Waals surface area contributed by atoms with Crippen LogP contribution in [-0.4, -0.2) is 40.4 Å². The number of nitrogens with zero attached hydrogens (tertiary/aromatic N) is 1. The Balaban J connectivity index is 1.99. The van der Waals surface area contributed by atoms with E-state index in [-0.39, 0.29) is 5.41 Å². The molecule has 2 rings (SSSR count). The Labute approximate surface area is 131 Å². The van der Waals surface area contributed by atoms with Gasteiger partial charge in [-0.05, 0) is 36.8 Å². The normalized spacial score (nSPS) is 16.2. The van der Waals surface area contributed by atoms with Gasteiger partial charge in [-0.3, -0.25) is 4.99 Å². The molecule has 0 saturated heterocycles. The van der Waals surface area contributed by atoms with Gasteiger partial charge in [0.25, 0.3) is 0 Å². The largest absolute Gasteiger partial charge is 0.497 e. The van der Waals surface area contributed by atoms with Gasteiger partial charge in [0.05, 0.1) is 19.9 Å². The van der Waals surface area contributed by atoms with E-state index >= 15 is 0 Å². The lowest BCUT2D eigenvalue weighted by Crippen LogP contribution is -2.24. The second-order valence-electron chi connectivity index (χ2n) is 5.64. The van der Waals surface area contributed by atoms with Gasteiger partial charge in [0, 0.05) is 26.3 Å². The highest BCUT2D eigenvalue weighted by molar-refractivity contribution is 5.94. The first-order valence-corrected chi connectivity index (χ1v) is 7.40. The lowest BCUT2D eigenvalue weighted by molar-refractivity contribution is 0.174. The first kappa shape index (κ1) is 16.4. The van der Waals surface area contributed by atoms with Gasteiger partial charge in [0.2, 0.25) is 0 Å². The van der Waals surface area contributed by atoms with E-state index in [4.69, 9.17) is 19.9 Å². The highest BCUT2D eigenvalue weighted by atomic mass is 16.5. The summed E-state index contributed by atoms with van der Waals surface area (Å²) < 4.78 is 15.7. The maximum Gasteiger partial charge on any atom is 0.193 e. The summed E-state index contributed by atoms with van der Waals surface area (Å²) in [5, 5.41) is 3.08. The average molecular weight is 307 g/mol. The topological polar surface area (TPSA) is 78.1 Å². The molecule has 6 heteroatoms. The van der Waals surface area contributed by atoms with Crippen molar-refractivity contribution >= 4 is 11.6 Å². The zero-order valence-corrected chi connectivity index (χ0v) is 13.5. The number of nitrogens with one attached hydrogen (secondary N) is 1. The fourth-order valence-corrected chi connectivity index (χ4v) is 2.32. The molecule has 0 bridgehead atoms. The van der Waals surface area contributed by atoms with Gasteiger partial charge in [-0.1, -0.05) is 0 Å². The number of hydrogen-bond acceptors (Lipinski definition) is 4. The molecule has 0 atom stereocenters. The van der Waals surface area contributed by atoms with Gasteiger partial charge in [-0.25, -0.2) is 0 Å². The van der Waals surface area contributed by atoms with Crippen molar-refractivity contribution in [1.29, 1.82) is 0 Å². The first-order valence-electron chi connectivity index (χ1n) is 7.40. The summed E-state index contributed by atoms with van der Waals surface area (Å²) in [7, 11) is 4.96. The SMILES string of the molecule is COCCC1(CN=C(N)Nc2cc(OC)ccc2OC)CC1. The number of guanidine groups is 1. The van der Waals surface area contributed by atoms with Crippen molar-refractivity contribution < 1.29 is 14.2 Å². The molecule has 6 nitrogen and oxygen atoms in total. The van der Waals surface area contributed by atoms with E-state index in [2.05, 4.69) is 10.3 Å². The smallest absolute Gasteiger partial charge is 0.193 e. The van der Waals surface area contributed by atoms with Gasteiger partial charge >= 0.3 is 0 Å². The molecule has 0 spiro atoms. The van der Waals surface area contributed by atoms with Gasteiger partial charge < -0.3 is 25.3 Å². The summed E-state index contributed by atoms with van der Waals surface area (Å²) in [4.78, 5) is 4.47. The minimum absolute atomic E-state index is 0.279. The van der Waals surface area contributed by atoms with E-state index in [1.807, 2.05) is 18.2 Å². The Morgan fingerprint density at radius 3 is 2.64 bits per heavy atom. The number of aliphatic imine (C=N–C) groups is 1. The van der Waals surface area contributed by atoms with Crippen LogP contribution in [0.3, 0.4) is 0 Å². The quantitative estimate of drug-likeness (QED) is 0.569. The zero-order valence-electron chi connectivity index (χ0n) is 13.5. The minimum Gasteiger partial charge on any atom is -0.497 e. The third kappa shape index (κ3) is 4.27. The molecule has 0 aliphatic heterocycles.